The first-order valence-electron chi connectivity index (χ1n) is 19.5. The number of rotatable bonds is 4. The normalized spacial score (nSPS) is 11.9. The van der Waals surface area contributed by atoms with E-state index in [9.17, 15) is 0 Å². The van der Waals surface area contributed by atoms with Crippen LogP contribution in [-0.4, -0.2) is 4.98 Å². The Morgan fingerprint density at radius 3 is 1.58 bits per heavy atom. The average molecular weight is 724 g/mol. The molecule has 0 unspecified atom stereocenters. The van der Waals surface area contributed by atoms with E-state index in [0.29, 0.717) is 5.89 Å². The fourth-order valence-corrected chi connectivity index (χ4v) is 9.25. The van der Waals surface area contributed by atoms with Crippen molar-refractivity contribution in [2.45, 2.75) is 0 Å². The first-order valence-corrected chi connectivity index (χ1v) is 19.5. The lowest BCUT2D eigenvalue weighted by Crippen LogP contribution is -1.92. The van der Waals surface area contributed by atoms with Crippen LogP contribution in [-0.2, 0) is 0 Å². The lowest BCUT2D eigenvalue weighted by molar-refractivity contribution is 0.623. The Bertz CT molecular complexity index is 3510. The van der Waals surface area contributed by atoms with E-state index in [1.165, 1.54) is 76.5 Å². The van der Waals surface area contributed by atoms with E-state index in [2.05, 4.69) is 170 Å². The van der Waals surface area contributed by atoms with Gasteiger partial charge in [-0.2, -0.15) is 0 Å². The summed E-state index contributed by atoms with van der Waals surface area (Å²) in [5, 5.41) is 14.5. The number of hydrogen-bond donors (Lipinski definition) is 0. The minimum Gasteiger partial charge on any atom is -0.435 e. The molecule has 2 heteroatoms. The SMILES string of the molecule is c1ccc(-c2ccc3c(c2)cc(-c2c4ccccc4c(-c4ccc5c(ccc6ccc7nc(-c8ccccc8)oc7c65)c4)c4ccccc24)c2ccccc23)cc1. The van der Waals surface area contributed by atoms with Crippen LogP contribution in [0.1, 0.15) is 0 Å². The molecule has 0 aliphatic rings. The zero-order chi connectivity index (χ0) is 37.5. The minimum atomic E-state index is 0.639. The molecule has 264 valence electrons. The van der Waals surface area contributed by atoms with Crippen molar-refractivity contribution in [2.24, 2.45) is 0 Å². The molecular formula is C55H33NO. The Hall–Kier alpha value is -7.55. The summed E-state index contributed by atoms with van der Waals surface area (Å²) in [6.07, 6.45) is 0. The van der Waals surface area contributed by atoms with Crippen molar-refractivity contribution in [1.29, 1.82) is 0 Å². The molecule has 0 aliphatic heterocycles. The van der Waals surface area contributed by atoms with E-state index in [1.807, 2.05) is 30.3 Å². The lowest BCUT2D eigenvalue weighted by Gasteiger charge is -2.20. The Labute approximate surface area is 328 Å². The predicted molar refractivity (Wildman–Crippen MR) is 241 cm³/mol. The molecule has 0 saturated heterocycles. The van der Waals surface area contributed by atoms with Gasteiger partial charge in [0.05, 0.1) is 0 Å². The molecule has 1 aromatic heterocycles. The summed E-state index contributed by atoms with van der Waals surface area (Å²) >= 11 is 0. The van der Waals surface area contributed by atoms with E-state index in [4.69, 9.17) is 9.40 Å². The Kier molecular flexibility index (Phi) is 6.96. The summed E-state index contributed by atoms with van der Waals surface area (Å²) in [6, 6.07) is 72.5. The van der Waals surface area contributed by atoms with Crippen molar-refractivity contribution in [1.82, 2.24) is 4.98 Å². The van der Waals surface area contributed by atoms with Crippen LogP contribution in [0.25, 0.3) is 121 Å². The molecule has 0 aliphatic carbocycles. The molecule has 0 amide bonds. The van der Waals surface area contributed by atoms with E-state index in [0.717, 1.165) is 38.2 Å². The molecule has 0 spiro atoms. The maximum Gasteiger partial charge on any atom is 0.227 e. The van der Waals surface area contributed by atoms with Gasteiger partial charge in [-0.15, -0.1) is 0 Å². The fourth-order valence-electron chi connectivity index (χ4n) is 9.25. The first-order chi connectivity index (χ1) is 28.3. The minimum absolute atomic E-state index is 0.639. The van der Waals surface area contributed by atoms with Crippen molar-refractivity contribution in [3.05, 3.63) is 200 Å². The van der Waals surface area contributed by atoms with Gasteiger partial charge >= 0.3 is 0 Å². The van der Waals surface area contributed by atoms with Crippen molar-refractivity contribution in [3.63, 3.8) is 0 Å². The Morgan fingerprint density at radius 2 is 0.860 bits per heavy atom. The van der Waals surface area contributed by atoms with Crippen LogP contribution in [0.2, 0.25) is 0 Å². The number of benzene rings is 11. The number of hydrogen-bond acceptors (Lipinski definition) is 2. The van der Waals surface area contributed by atoms with E-state index in [1.54, 1.807) is 0 Å². The molecule has 12 rings (SSSR count). The topological polar surface area (TPSA) is 26.0 Å². The van der Waals surface area contributed by atoms with E-state index in [-0.39, 0.29) is 0 Å². The van der Waals surface area contributed by atoms with E-state index < -0.39 is 0 Å². The smallest absolute Gasteiger partial charge is 0.227 e. The van der Waals surface area contributed by atoms with Gasteiger partial charge in [0.25, 0.3) is 0 Å². The summed E-state index contributed by atoms with van der Waals surface area (Å²) in [7, 11) is 0. The van der Waals surface area contributed by atoms with Gasteiger partial charge in [-0.25, -0.2) is 4.98 Å². The van der Waals surface area contributed by atoms with Crippen LogP contribution in [0.15, 0.2) is 205 Å². The van der Waals surface area contributed by atoms with Crippen LogP contribution in [0.5, 0.6) is 0 Å². The third-order valence-corrected chi connectivity index (χ3v) is 11.8. The first kappa shape index (κ1) is 31.8. The second kappa shape index (κ2) is 12.5. The van der Waals surface area contributed by atoms with Gasteiger partial charge < -0.3 is 4.42 Å². The van der Waals surface area contributed by atoms with Crippen molar-refractivity contribution < 1.29 is 4.42 Å². The van der Waals surface area contributed by atoms with Crippen LogP contribution in [0, 0.1) is 0 Å². The molecular weight excluding hydrogens is 691 g/mol. The van der Waals surface area contributed by atoms with Crippen molar-refractivity contribution in [2.75, 3.05) is 0 Å². The third-order valence-electron chi connectivity index (χ3n) is 11.8. The van der Waals surface area contributed by atoms with Crippen LogP contribution in [0.3, 0.4) is 0 Å². The maximum absolute atomic E-state index is 6.54. The van der Waals surface area contributed by atoms with Gasteiger partial charge in [-0.3, -0.25) is 0 Å². The van der Waals surface area contributed by atoms with Crippen LogP contribution in [0.4, 0.5) is 0 Å². The number of oxazole rings is 1. The van der Waals surface area contributed by atoms with Gasteiger partial charge in [0.1, 0.15) is 5.52 Å². The zero-order valence-electron chi connectivity index (χ0n) is 30.9. The van der Waals surface area contributed by atoms with Gasteiger partial charge in [0.2, 0.25) is 5.89 Å². The summed E-state index contributed by atoms with van der Waals surface area (Å²) in [5.41, 5.74) is 10.0. The predicted octanol–water partition coefficient (Wildman–Crippen LogP) is 15.4. The second-order valence-electron chi connectivity index (χ2n) is 15.0. The molecule has 11 aromatic carbocycles. The molecule has 0 fully saturated rings. The number of nitrogens with zero attached hydrogens (tertiary/aromatic N) is 1. The summed E-state index contributed by atoms with van der Waals surface area (Å²) in [6.45, 7) is 0. The fraction of sp³-hybridized carbons (Fsp3) is 0. The molecule has 0 N–H and O–H groups in total. The molecule has 0 radical (unpaired) electrons. The summed E-state index contributed by atoms with van der Waals surface area (Å²) < 4.78 is 6.54. The molecule has 2 nitrogen and oxygen atoms in total. The standard InChI is InChI=1S/C55H33NO/c1-3-13-34(14-4-1)37-25-28-41-40(31-37)33-49(44-18-8-7-17-43(41)44)53-47-21-11-9-19-45(47)51(46-20-10-12-22-48(46)53)39-26-29-42-38(32-39)24-23-35-27-30-50-54(52(35)42)57-55(56-50)36-15-5-2-6-16-36/h1-33H. The third kappa shape index (κ3) is 4.94. The highest BCUT2D eigenvalue weighted by Crippen LogP contribution is 2.47. The Morgan fingerprint density at radius 1 is 0.316 bits per heavy atom. The maximum atomic E-state index is 6.54. The number of aromatic nitrogens is 1. The quantitative estimate of drug-likeness (QED) is 0.133. The molecule has 57 heavy (non-hydrogen) atoms. The van der Waals surface area contributed by atoms with Crippen LogP contribution < -0.4 is 0 Å². The second-order valence-corrected chi connectivity index (χ2v) is 15.0. The van der Waals surface area contributed by atoms with Crippen molar-refractivity contribution >= 4 is 75.7 Å². The van der Waals surface area contributed by atoms with Crippen LogP contribution >= 0.6 is 0 Å². The van der Waals surface area contributed by atoms with Gasteiger partial charge in [0.15, 0.2) is 5.58 Å². The van der Waals surface area contributed by atoms with E-state index >= 15 is 0 Å². The van der Waals surface area contributed by atoms with Gasteiger partial charge in [-0.05, 0) is 129 Å². The summed E-state index contributed by atoms with van der Waals surface area (Å²) in [5.74, 6) is 0.639. The number of fused-ring (bicyclic) bond motifs is 10. The highest BCUT2D eigenvalue weighted by atomic mass is 16.3. The monoisotopic (exact) mass is 723 g/mol. The zero-order valence-corrected chi connectivity index (χ0v) is 30.9. The molecule has 1 heterocycles. The molecule has 0 atom stereocenters. The molecule has 0 bridgehead atoms. The average Bonchev–Trinajstić information content (AvgIpc) is 3.73. The molecule has 12 aromatic rings. The van der Waals surface area contributed by atoms with Gasteiger partial charge in [-0.1, -0.05) is 164 Å². The Balaban J connectivity index is 1.10. The van der Waals surface area contributed by atoms with Gasteiger partial charge in [0, 0.05) is 10.9 Å². The highest BCUT2D eigenvalue weighted by molar-refractivity contribution is 6.26. The summed E-state index contributed by atoms with van der Waals surface area (Å²) in [4.78, 5) is 4.89. The molecule has 0 saturated carbocycles. The largest absolute Gasteiger partial charge is 0.435 e. The highest BCUT2D eigenvalue weighted by Gasteiger charge is 2.20. The lowest BCUT2D eigenvalue weighted by atomic mass is 9.83. The van der Waals surface area contributed by atoms with Crippen molar-refractivity contribution in [3.8, 4) is 44.8 Å².